The summed E-state index contributed by atoms with van der Waals surface area (Å²) in [6, 6.07) is 6.18. The van der Waals surface area contributed by atoms with Crippen molar-refractivity contribution in [2.75, 3.05) is 0 Å². The molecule has 0 saturated carbocycles. The molecule has 0 aliphatic heterocycles. The van der Waals surface area contributed by atoms with Gasteiger partial charge in [-0.2, -0.15) is 0 Å². The van der Waals surface area contributed by atoms with E-state index < -0.39 is 17.3 Å². The van der Waals surface area contributed by atoms with Gasteiger partial charge in [-0.1, -0.05) is 11.6 Å². The van der Waals surface area contributed by atoms with Crippen LogP contribution in [-0.4, -0.2) is 15.6 Å². The molecule has 0 radical (unpaired) electrons. The Bertz CT molecular complexity index is 697. The summed E-state index contributed by atoms with van der Waals surface area (Å²) in [5.74, 6) is -1.62. The first-order valence-electron chi connectivity index (χ1n) is 5.35. The molecule has 1 heterocycles. The minimum absolute atomic E-state index is 0.0787. The highest BCUT2D eigenvalue weighted by molar-refractivity contribution is 6.31. The molecule has 0 unspecified atom stereocenters. The normalized spacial score (nSPS) is 10.4. The minimum atomic E-state index is -1.17. The molecule has 0 spiro atoms. The van der Waals surface area contributed by atoms with E-state index in [-0.39, 0.29) is 12.1 Å². The van der Waals surface area contributed by atoms with Gasteiger partial charge in [0.15, 0.2) is 0 Å². The van der Waals surface area contributed by atoms with Crippen molar-refractivity contribution < 1.29 is 14.3 Å². The Kier molecular flexibility index (Phi) is 3.66. The lowest BCUT2D eigenvalue weighted by Gasteiger charge is -2.08. The quantitative estimate of drug-likeness (QED) is 0.940. The number of rotatable bonds is 3. The fraction of sp³-hybridized carbons (Fsp3) is 0.0769. The number of aromatic carboxylic acids is 1. The Hall–Kier alpha value is -2.14. The lowest BCUT2D eigenvalue weighted by Crippen LogP contribution is -2.21. The first-order valence-corrected chi connectivity index (χ1v) is 5.73. The van der Waals surface area contributed by atoms with Gasteiger partial charge in [-0.25, -0.2) is 9.18 Å². The van der Waals surface area contributed by atoms with Crippen molar-refractivity contribution in [3.05, 3.63) is 68.8 Å². The summed E-state index contributed by atoms with van der Waals surface area (Å²) in [6.07, 6.45) is 1.34. The number of hydrogen-bond donors (Lipinski definition) is 1. The molecule has 0 aliphatic rings. The smallest absolute Gasteiger partial charge is 0.335 e. The summed E-state index contributed by atoms with van der Waals surface area (Å²) in [4.78, 5) is 22.4. The SMILES string of the molecule is O=C(O)c1ccn(Cc2cc(F)ccc2Cl)c(=O)c1. The summed E-state index contributed by atoms with van der Waals surface area (Å²) >= 11 is 5.90. The number of aromatic nitrogens is 1. The van der Waals surface area contributed by atoms with E-state index in [0.717, 1.165) is 6.07 Å². The lowest BCUT2D eigenvalue weighted by molar-refractivity contribution is 0.0696. The van der Waals surface area contributed by atoms with Gasteiger partial charge in [0.2, 0.25) is 0 Å². The van der Waals surface area contributed by atoms with Gasteiger partial charge in [-0.05, 0) is 29.8 Å². The zero-order valence-electron chi connectivity index (χ0n) is 9.64. The molecule has 1 aromatic carbocycles. The van der Waals surface area contributed by atoms with Crippen LogP contribution >= 0.6 is 11.6 Å². The number of hydrogen-bond acceptors (Lipinski definition) is 2. The van der Waals surface area contributed by atoms with E-state index in [9.17, 15) is 14.0 Å². The predicted molar refractivity (Wildman–Crippen MR) is 68.2 cm³/mol. The van der Waals surface area contributed by atoms with Gasteiger partial charge in [0, 0.05) is 17.3 Å². The molecule has 0 amide bonds. The molecule has 0 aliphatic carbocycles. The van der Waals surface area contributed by atoms with E-state index >= 15 is 0 Å². The van der Waals surface area contributed by atoms with Crippen LogP contribution in [0.15, 0.2) is 41.3 Å². The topological polar surface area (TPSA) is 59.3 Å². The third-order valence-electron chi connectivity index (χ3n) is 2.59. The second-order valence-electron chi connectivity index (χ2n) is 3.92. The van der Waals surface area contributed by atoms with Crippen LogP contribution in [0.1, 0.15) is 15.9 Å². The Morgan fingerprint density at radius 3 is 2.68 bits per heavy atom. The molecule has 1 N–H and O–H groups in total. The Labute approximate surface area is 112 Å². The zero-order chi connectivity index (χ0) is 14.0. The van der Waals surface area contributed by atoms with Crippen LogP contribution in [0, 0.1) is 5.82 Å². The van der Waals surface area contributed by atoms with E-state index in [1.807, 2.05) is 0 Å². The standard InChI is InChI=1S/C13H9ClFNO3/c14-11-2-1-10(15)5-9(11)7-16-4-3-8(13(18)19)6-12(16)17/h1-6H,7H2,(H,18,19). The maximum absolute atomic E-state index is 13.1. The Morgan fingerprint density at radius 1 is 1.32 bits per heavy atom. The zero-order valence-corrected chi connectivity index (χ0v) is 10.4. The average Bonchev–Trinajstić information content (AvgIpc) is 2.36. The monoisotopic (exact) mass is 281 g/mol. The van der Waals surface area contributed by atoms with E-state index in [1.165, 1.54) is 35.0 Å². The van der Waals surface area contributed by atoms with Crippen molar-refractivity contribution in [2.24, 2.45) is 0 Å². The van der Waals surface area contributed by atoms with Crippen LogP contribution < -0.4 is 5.56 Å². The largest absolute Gasteiger partial charge is 0.478 e. The predicted octanol–water partition coefficient (Wildman–Crippen LogP) is 2.39. The second-order valence-corrected chi connectivity index (χ2v) is 4.33. The maximum Gasteiger partial charge on any atom is 0.335 e. The van der Waals surface area contributed by atoms with Crippen molar-refractivity contribution >= 4 is 17.6 Å². The number of carboxylic acids is 1. The number of carbonyl (C=O) groups is 1. The molecule has 2 rings (SSSR count). The third kappa shape index (κ3) is 3.00. The summed E-state index contributed by atoms with van der Waals surface area (Å²) in [5.41, 5.74) is -0.126. The molecule has 0 bridgehead atoms. The first kappa shape index (κ1) is 13.3. The minimum Gasteiger partial charge on any atom is -0.478 e. The highest BCUT2D eigenvalue weighted by atomic mass is 35.5. The van der Waals surface area contributed by atoms with E-state index in [2.05, 4.69) is 0 Å². The van der Waals surface area contributed by atoms with Gasteiger partial charge in [-0.3, -0.25) is 4.79 Å². The van der Waals surface area contributed by atoms with Crippen molar-refractivity contribution in [1.82, 2.24) is 4.57 Å². The molecule has 98 valence electrons. The van der Waals surface area contributed by atoms with E-state index in [0.29, 0.717) is 10.6 Å². The van der Waals surface area contributed by atoms with Crippen LogP contribution in [0.25, 0.3) is 0 Å². The van der Waals surface area contributed by atoms with Crippen LogP contribution in [0.3, 0.4) is 0 Å². The number of benzene rings is 1. The summed E-state index contributed by atoms with van der Waals surface area (Å²) < 4.78 is 14.4. The van der Waals surface area contributed by atoms with Crippen molar-refractivity contribution in [1.29, 1.82) is 0 Å². The van der Waals surface area contributed by atoms with Gasteiger partial charge < -0.3 is 9.67 Å². The lowest BCUT2D eigenvalue weighted by atomic mass is 10.2. The van der Waals surface area contributed by atoms with Gasteiger partial charge >= 0.3 is 5.97 Å². The van der Waals surface area contributed by atoms with Gasteiger partial charge in [-0.15, -0.1) is 0 Å². The molecular formula is C13H9ClFNO3. The summed E-state index contributed by atoms with van der Waals surface area (Å²) in [6.45, 7) is 0.0787. The Balaban J connectivity index is 2.36. The fourth-order valence-electron chi connectivity index (χ4n) is 1.62. The maximum atomic E-state index is 13.1. The van der Waals surface area contributed by atoms with Crippen LogP contribution in [0.2, 0.25) is 5.02 Å². The van der Waals surface area contributed by atoms with Crippen molar-refractivity contribution in [3.63, 3.8) is 0 Å². The molecule has 0 fully saturated rings. The van der Waals surface area contributed by atoms with Crippen LogP contribution in [0.4, 0.5) is 4.39 Å². The molecule has 19 heavy (non-hydrogen) atoms. The summed E-state index contributed by atoms with van der Waals surface area (Å²) in [7, 11) is 0. The second kappa shape index (κ2) is 5.24. The number of halogens is 2. The molecule has 0 saturated heterocycles. The summed E-state index contributed by atoms with van der Waals surface area (Å²) in [5, 5.41) is 9.09. The fourth-order valence-corrected chi connectivity index (χ4v) is 1.80. The van der Waals surface area contributed by atoms with Gasteiger partial charge in [0.05, 0.1) is 12.1 Å². The third-order valence-corrected chi connectivity index (χ3v) is 2.96. The van der Waals surface area contributed by atoms with Gasteiger partial charge in [0.25, 0.3) is 5.56 Å². The highest BCUT2D eigenvalue weighted by Gasteiger charge is 2.07. The average molecular weight is 282 g/mol. The first-order chi connectivity index (χ1) is 8.97. The Morgan fingerprint density at radius 2 is 2.05 bits per heavy atom. The van der Waals surface area contributed by atoms with E-state index in [1.54, 1.807) is 0 Å². The van der Waals surface area contributed by atoms with Crippen molar-refractivity contribution in [2.45, 2.75) is 6.54 Å². The number of carboxylic acid groups (broad SMARTS) is 1. The highest BCUT2D eigenvalue weighted by Crippen LogP contribution is 2.17. The molecular weight excluding hydrogens is 273 g/mol. The van der Waals surface area contributed by atoms with E-state index in [4.69, 9.17) is 16.7 Å². The number of nitrogens with zero attached hydrogens (tertiary/aromatic N) is 1. The molecule has 0 atom stereocenters. The molecule has 6 heteroatoms. The molecule has 4 nitrogen and oxygen atoms in total. The molecule has 2 aromatic rings. The number of pyridine rings is 1. The van der Waals surface area contributed by atoms with Crippen molar-refractivity contribution in [3.8, 4) is 0 Å². The van der Waals surface area contributed by atoms with Gasteiger partial charge in [0.1, 0.15) is 5.82 Å². The van der Waals surface area contributed by atoms with Crippen LogP contribution in [-0.2, 0) is 6.54 Å². The van der Waals surface area contributed by atoms with Crippen LogP contribution in [0.5, 0.6) is 0 Å². The molecule has 1 aromatic heterocycles.